The van der Waals surface area contributed by atoms with Crippen molar-refractivity contribution in [2.75, 3.05) is 0 Å². The number of nitrogens with zero attached hydrogens (tertiary/aromatic N) is 1. The molecule has 0 fully saturated rings. The first-order valence-electron chi connectivity index (χ1n) is 5.80. The maximum Gasteiger partial charge on any atom is 0.0592 e. The predicted molar refractivity (Wildman–Crippen MR) is 72.7 cm³/mol. The van der Waals surface area contributed by atoms with E-state index in [2.05, 4.69) is 44.1 Å². The van der Waals surface area contributed by atoms with Gasteiger partial charge in [-0.05, 0) is 42.4 Å². The Hall–Kier alpha value is -1.37. The fraction of sp³-hybridized carbons (Fsp3) is 0.400. The van der Waals surface area contributed by atoms with Gasteiger partial charge in [0.05, 0.1) is 5.70 Å². The van der Waals surface area contributed by atoms with E-state index in [9.17, 15) is 0 Å². The summed E-state index contributed by atoms with van der Waals surface area (Å²) in [5.74, 6) is 0.531. The van der Waals surface area contributed by atoms with Gasteiger partial charge in [-0.2, -0.15) is 0 Å². The number of hydrogen-bond donors (Lipinski definition) is 0. The van der Waals surface area contributed by atoms with Crippen molar-refractivity contribution in [3.05, 3.63) is 47.7 Å². The van der Waals surface area contributed by atoms with Crippen molar-refractivity contribution in [3.8, 4) is 0 Å². The minimum absolute atomic E-state index is 0.531. The van der Waals surface area contributed by atoms with Crippen LogP contribution in [0.5, 0.6) is 0 Å². The first-order chi connectivity index (χ1) is 7.52. The highest BCUT2D eigenvalue weighted by molar-refractivity contribution is 5.78. The Bertz CT molecular complexity index is 378. The van der Waals surface area contributed by atoms with Crippen LogP contribution in [0.4, 0.5) is 0 Å². The summed E-state index contributed by atoms with van der Waals surface area (Å²) in [4.78, 5) is 4.37. The molecule has 0 aromatic carbocycles. The second-order valence-corrected chi connectivity index (χ2v) is 4.58. The summed E-state index contributed by atoms with van der Waals surface area (Å²) >= 11 is 0. The largest absolute Gasteiger partial charge is 0.257 e. The quantitative estimate of drug-likeness (QED) is 0.614. The monoisotopic (exact) mass is 215 g/mol. The molecule has 0 N–H and O–H groups in total. The molecule has 0 heterocycles. The number of hydrogen-bond acceptors (Lipinski definition) is 1. The minimum atomic E-state index is 0.531. The van der Waals surface area contributed by atoms with Gasteiger partial charge in [0.25, 0.3) is 0 Å². The topological polar surface area (TPSA) is 12.4 Å². The summed E-state index contributed by atoms with van der Waals surface area (Å²) in [5, 5.41) is 0. The van der Waals surface area contributed by atoms with Crippen LogP contribution in [0.3, 0.4) is 0 Å². The highest BCUT2D eigenvalue weighted by Gasteiger charge is 2.13. The maximum absolute atomic E-state index is 4.37. The summed E-state index contributed by atoms with van der Waals surface area (Å²) in [6.45, 7) is 14.2. The average molecular weight is 215 g/mol. The molecule has 0 saturated heterocycles. The Labute approximate surface area is 99.0 Å². The van der Waals surface area contributed by atoms with Gasteiger partial charge in [0, 0.05) is 6.21 Å². The molecule has 0 aliphatic heterocycles. The van der Waals surface area contributed by atoms with Crippen molar-refractivity contribution in [1.29, 1.82) is 0 Å². The number of aliphatic imine (C=N–C) groups is 1. The van der Waals surface area contributed by atoms with Gasteiger partial charge in [-0.1, -0.05) is 39.2 Å². The second-order valence-electron chi connectivity index (χ2n) is 4.58. The van der Waals surface area contributed by atoms with Gasteiger partial charge in [0.2, 0.25) is 0 Å². The molecule has 0 aromatic rings. The van der Waals surface area contributed by atoms with Crippen LogP contribution >= 0.6 is 0 Å². The average Bonchev–Trinajstić information content (AvgIpc) is 2.25. The van der Waals surface area contributed by atoms with E-state index in [1.165, 1.54) is 11.1 Å². The number of allylic oxidation sites excluding steroid dienone is 5. The van der Waals surface area contributed by atoms with Crippen LogP contribution in [-0.2, 0) is 0 Å². The summed E-state index contributed by atoms with van der Waals surface area (Å²) in [5.41, 5.74) is 4.51. The van der Waals surface area contributed by atoms with Crippen LogP contribution in [0.15, 0.2) is 52.7 Å². The van der Waals surface area contributed by atoms with E-state index in [1.54, 1.807) is 6.21 Å². The molecule has 1 aliphatic carbocycles. The molecular formula is C15H21N. The van der Waals surface area contributed by atoms with Gasteiger partial charge in [-0.25, -0.2) is 0 Å². The molecule has 0 radical (unpaired) electrons. The van der Waals surface area contributed by atoms with E-state index in [0.717, 1.165) is 24.1 Å². The van der Waals surface area contributed by atoms with Crippen LogP contribution in [0.25, 0.3) is 0 Å². The molecule has 86 valence electrons. The summed E-state index contributed by atoms with van der Waals surface area (Å²) in [6, 6.07) is 0. The summed E-state index contributed by atoms with van der Waals surface area (Å²) in [6.07, 6.45) is 8.37. The van der Waals surface area contributed by atoms with Gasteiger partial charge in [-0.15, -0.1) is 0 Å². The molecule has 0 unspecified atom stereocenters. The van der Waals surface area contributed by atoms with Gasteiger partial charge in [0.1, 0.15) is 0 Å². The standard InChI is InChI=1S/C15H21N/c1-11(2)10-16-13(5)15-9-7-6-8-14(15)12(3)4/h6,8,10,12H,1,5,7,9H2,2-4H3. The van der Waals surface area contributed by atoms with E-state index in [0.29, 0.717) is 5.92 Å². The molecule has 0 aromatic heterocycles. The SMILES string of the molecule is C=C(C)C=NC(=C)C1=C(C(C)C)C=CCC1. The van der Waals surface area contributed by atoms with Crippen LogP contribution < -0.4 is 0 Å². The fourth-order valence-electron chi connectivity index (χ4n) is 1.80. The molecule has 1 aliphatic rings. The first-order valence-corrected chi connectivity index (χ1v) is 5.80. The van der Waals surface area contributed by atoms with Crippen molar-refractivity contribution >= 4 is 6.21 Å². The third kappa shape index (κ3) is 3.34. The zero-order valence-electron chi connectivity index (χ0n) is 10.6. The Morgan fingerprint density at radius 3 is 2.69 bits per heavy atom. The Balaban J connectivity index is 2.95. The highest BCUT2D eigenvalue weighted by atomic mass is 14.7. The molecule has 0 amide bonds. The van der Waals surface area contributed by atoms with Crippen molar-refractivity contribution < 1.29 is 0 Å². The summed E-state index contributed by atoms with van der Waals surface area (Å²) < 4.78 is 0. The Kier molecular flexibility index (Phi) is 4.48. The minimum Gasteiger partial charge on any atom is -0.257 e. The van der Waals surface area contributed by atoms with Gasteiger partial charge in [-0.3, -0.25) is 4.99 Å². The molecule has 0 bridgehead atoms. The van der Waals surface area contributed by atoms with Crippen LogP contribution in [0.2, 0.25) is 0 Å². The zero-order valence-corrected chi connectivity index (χ0v) is 10.6. The lowest BCUT2D eigenvalue weighted by molar-refractivity contribution is 0.756. The lowest BCUT2D eigenvalue weighted by Crippen LogP contribution is -2.02. The van der Waals surface area contributed by atoms with Gasteiger partial charge < -0.3 is 0 Å². The molecule has 1 nitrogen and oxygen atoms in total. The first kappa shape index (κ1) is 12.7. The van der Waals surface area contributed by atoms with E-state index in [1.807, 2.05) is 6.92 Å². The highest BCUT2D eigenvalue weighted by Crippen LogP contribution is 2.29. The molecule has 0 atom stereocenters. The number of rotatable bonds is 4. The smallest absolute Gasteiger partial charge is 0.0592 e. The van der Waals surface area contributed by atoms with Crippen LogP contribution in [0, 0.1) is 5.92 Å². The van der Waals surface area contributed by atoms with Crippen LogP contribution in [0.1, 0.15) is 33.6 Å². The molecule has 1 heteroatoms. The Morgan fingerprint density at radius 2 is 2.12 bits per heavy atom. The van der Waals surface area contributed by atoms with E-state index in [-0.39, 0.29) is 0 Å². The molecular weight excluding hydrogens is 194 g/mol. The lowest BCUT2D eigenvalue weighted by atomic mass is 9.89. The van der Waals surface area contributed by atoms with Gasteiger partial charge >= 0.3 is 0 Å². The van der Waals surface area contributed by atoms with Gasteiger partial charge in [0.15, 0.2) is 0 Å². The Morgan fingerprint density at radius 1 is 1.44 bits per heavy atom. The van der Waals surface area contributed by atoms with Crippen molar-refractivity contribution in [2.45, 2.75) is 33.6 Å². The van der Waals surface area contributed by atoms with Crippen molar-refractivity contribution in [1.82, 2.24) is 0 Å². The molecule has 0 saturated carbocycles. The maximum atomic E-state index is 4.37. The van der Waals surface area contributed by atoms with E-state index < -0.39 is 0 Å². The predicted octanol–water partition coefficient (Wildman–Crippen LogP) is 4.45. The van der Waals surface area contributed by atoms with Crippen molar-refractivity contribution in [3.63, 3.8) is 0 Å². The van der Waals surface area contributed by atoms with E-state index >= 15 is 0 Å². The normalized spacial score (nSPS) is 16.2. The fourth-order valence-corrected chi connectivity index (χ4v) is 1.80. The van der Waals surface area contributed by atoms with Crippen molar-refractivity contribution in [2.24, 2.45) is 10.9 Å². The van der Waals surface area contributed by atoms with E-state index in [4.69, 9.17) is 0 Å². The third-order valence-corrected chi connectivity index (χ3v) is 2.62. The molecule has 1 rings (SSSR count). The summed E-state index contributed by atoms with van der Waals surface area (Å²) in [7, 11) is 0. The molecule has 0 spiro atoms. The third-order valence-electron chi connectivity index (χ3n) is 2.62. The second kappa shape index (κ2) is 5.64. The molecule has 16 heavy (non-hydrogen) atoms. The lowest BCUT2D eigenvalue weighted by Gasteiger charge is -2.18. The zero-order chi connectivity index (χ0) is 12.1. The van der Waals surface area contributed by atoms with Crippen LogP contribution in [-0.4, -0.2) is 6.21 Å².